The maximum atomic E-state index is 9.70. The van der Waals surface area contributed by atoms with Crippen LogP contribution in [0.4, 0.5) is 0 Å². The topological polar surface area (TPSA) is 49.7 Å². The molecule has 0 saturated heterocycles. The predicted octanol–water partition coefficient (Wildman–Crippen LogP) is 3.54. The molecule has 2 aromatic carbocycles. The third-order valence-electron chi connectivity index (χ3n) is 2.45. The van der Waals surface area contributed by atoms with Crippen LogP contribution >= 0.6 is 15.9 Å². The molecular formula is C13H11BrO3. The molecular weight excluding hydrogens is 284 g/mol. The highest BCUT2D eigenvalue weighted by Crippen LogP contribution is 2.38. The van der Waals surface area contributed by atoms with Crippen molar-refractivity contribution in [2.45, 2.75) is 0 Å². The summed E-state index contributed by atoms with van der Waals surface area (Å²) in [6.45, 7) is 0. The molecule has 0 radical (unpaired) electrons. The Morgan fingerprint density at radius 1 is 1.00 bits per heavy atom. The fraction of sp³-hybridized carbons (Fsp3) is 0.0769. The minimum Gasteiger partial charge on any atom is -0.508 e. The average molecular weight is 295 g/mol. The number of hydrogen-bond donors (Lipinski definition) is 2. The normalized spacial score (nSPS) is 10.2. The molecule has 3 nitrogen and oxygen atoms in total. The fourth-order valence-electron chi connectivity index (χ4n) is 1.55. The Morgan fingerprint density at radius 2 is 1.65 bits per heavy atom. The maximum Gasteiger partial charge on any atom is 0.172 e. The van der Waals surface area contributed by atoms with E-state index in [9.17, 15) is 10.2 Å². The molecule has 0 aliphatic carbocycles. The first kappa shape index (κ1) is 11.8. The van der Waals surface area contributed by atoms with E-state index in [1.54, 1.807) is 36.4 Å². The van der Waals surface area contributed by atoms with Crippen LogP contribution in [0, 0.1) is 0 Å². The summed E-state index contributed by atoms with van der Waals surface area (Å²) < 4.78 is 5.65. The highest BCUT2D eigenvalue weighted by Gasteiger charge is 2.09. The predicted molar refractivity (Wildman–Crippen MR) is 69.5 cm³/mol. The van der Waals surface area contributed by atoms with Gasteiger partial charge in [0, 0.05) is 0 Å². The standard InChI is InChI=1S/C13H11BrO3/c1-17-12-7-9(6-11(14)13(12)16)8-2-4-10(15)5-3-8/h2-7,15-16H,1H3. The summed E-state index contributed by atoms with van der Waals surface area (Å²) in [5, 5.41) is 18.9. The quantitative estimate of drug-likeness (QED) is 0.891. The summed E-state index contributed by atoms with van der Waals surface area (Å²) in [5.41, 5.74) is 1.83. The Hall–Kier alpha value is -1.68. The number of hydrogen-bond acceptors (Lipinski definition) is 3. The number of ether oxygens (including phenoxy) is 1. The Morgan fingerprint density at radius 3 is 2.24 bits per heavy atom. The van der Waals surface area contributed by atoms with Gasteiger partial charge in [0.2, 0.25) is 0 Å². The molecule has 0 aromatic heterocycles. The van der Waals surface area contributed by atoms with Crippen LogP contribution in [0.1, 0.15) is 0 Å². The van der Waals surface area contributed by atoms with Crippen molar-refractivity contribution >= 4 is 15.9 Å². The second-order valence-electron chi connectivity index (χ2n) is 3.56. The zero-order valence-corrected chi connectivity index (χ0v) is 10.7. The van der Waals surface area contributed by atoms with Crippen molar-refractivity contribution in [1.82, 2.24) is 0 Å². The molecule has 0 heterocycles. The number of phenolic OH excluding ortho intramolecular Hbond substituents is 2. The van der Waals surface area contributed by atoms with Gasteiger partial charge in [-0.25, -0.2) is 0 Å². The molecule has 17 heavy (non-hydrogen) atoms. The zero-order chi connectivity index (χ0) is 12.4. The van der Waals surface area contributed by atoms with Gasteiger partial charge < -0.3 is 14.9 Å². The van der Waals surface area contributed by atoms with Crippen LogP contribution in [0.3, 0.4) is 0 Å². The Bertz CT molecular complexity index is 535. The third kappa shape index (κ3) is 2.36. The van der Waals surface area contributed by atoms with Gasteiger partial charge >= 0.3 is 0 Å². The molecule has 0 atom stereocenters. The van der Waals surface area contributed by atoms with Gasteiger partial charge in [0.05, 0.1) is 11.6 Å². The number of methoxy groups -OCH3 is 1. The molecule has 2 N–H and O–H groups in total. The number of rotatable bonds is 2. The molecule has 0 fully saturated rings. The van der Waals surface area contributed by atoms with Crippen molar-refractivity contribution in [2.24, 2.45) is 0 Å². The lowest BCUT2D eigenvalue weighted by atomic mass is 10.1. The maximum absolute atomic E-state index is 9.70. The van der Waals surface area contributed by atoms with Gasteiger partial charge in [-0.3, -0.25) is 0 Å². The Labute approximate surface area is 107 Å². The van der Waals surface area contributed by atoms with E-state index in [2.05, 4.69) is 15.9 Å². The van der Waals surface area contributed by atoms with Crippen LogP contribution in [-0.2, 0) is 0 Å². The first-order valence-electron chi connectivity index (χ1n) is 4.97. The minimum atomic E-state index is 0.0787. The smallest absolute Gasteiger partial charge is 0.172 e. The van der Waals surface area contributed by atoms with Crippen LogP contribution < -0.4 is 4.74 Å². The van der Waals surface area contributed by atoms with E-state index in [4.69, 9.17) is 4.74 Å². The van der Waals surface area contributed by atoms with Gasteiger partial charge in [-0.15, -0.1) is 0 Å². The molecule has 2 rings (SSSR count). The fourth-order valence-corrected chi connectivity index (χ4v) is 1.99. The van der Waals surface area contributed by atoms with E-state index in [-0.39, 0.29) is 11.5 Å². The van der Waals surface area contributed by atoms with Crippen molar-refractivity contribution in [1.29, 1.82) is 0 Å². The van der Waals surface area contributed by atoms with Crippen LogP contribution in [-0.4, -0.2) is 17.3 Å². The second kappa shape index (κ2) is 4.67. The number of benzene rings is 2. The lowest BCUT2D eigenvalue weighted by Gasteiger charge is -2.09. The Balaban J connectivity index is 2.52. The molecule has 0 bridgehead atoms. The average Bonchev–Trinajstić information content (AvgIpc) is 2.33. The zero-order valence-electron chi connectivity index (χ0n) is 9.14. The Kier molecular flexibility index (Phi) is 3.24. The SMILES string of the molecule is COc1cc(-c2ccc(O)cc2)cc(Br)c1O. The largest absolute Gasteiger partial charge is 0.508 e. The molecule has 0 aliphatic heterocycles. The highest BCUT2D eigenvalue weighted by atomic mass is 79.9. The van der Waals surface area contributed by atoms with Gasteiger partial charge in [0.15, 0.2) is 11.5 Å². The first-order valence-corrected chi connectivity index (χ1v) is 5.77. The van der Waals surface area contributed by atoms with Crippen molar-refractivity contribution in [2.75, 3.05) is 7.11 Å². The van der Waals surface area contributed by atoms with E-state index in [1.807, 2.05) is 0 Å². The second-order valence-corrected chi connectivity index (χ2v) is 4.41. The van der Waals surface area contributed by atoms with E-state index in [1.165, 1.54) is 7.11 Å². The van der Waals surface area contributed by atoms with E-state index in [0.717, 1.165) is 11.1 Å². The molecule has 2 aromatic rings. The van der Waals surface area contributed by atoms with Gasteiger partial charge in [-0.05, 0) is 51.3 Å². The van der Waals surface area contributed by atoms with Crippen LogP contribution in [0.5, 0.6) is 17.2 Å². The molecule has 0 unspecified atom stereocenters. The number of aromatic hydroxyl groups is 2. The van der Waals surface area contributed by atoms with E-state index < -0.39 is 0 Å². The van der Waals surface area contributed by atoms with Crippen molar-refractivity contribution in [3.8, 4) is 28.4 Å². The number of halogens is 1. The highest BCUT2D eigenvalue weighted by molar-refractivity contribution is 9.10. The monoisotopic (exact) mass is 294 g/mol. The summed E-state index contributed by atoms with van der Waals surface area (Å²) in [6.07, 6.45) is 0. The van der Waals surface area contributed by atoms with Gasteiger partial charge in [0.1, 0.15) is 5.75 Å². The third-order valence-corrected chi connectivity index (χ3v) is 3.05. The molecule has 88 valence electrons. The summed E-state index contributed by atoms with van der Waals surface area (Å²) in [5.74, 6) is 0.705. The van der Waals surface area contributed by atoms with Crippen molar-refractivity contribution in [3.05, 3.63) is 40.9 Å². The minimum absolute atomic E-state index is 0.0787. The molecule has 4 heteroatoms. The lowest BCUT2D eigenvalue weighted by Crippen LogP contribution is -1.86. The summed E-state index contributed by atoms with van der Waals surface area (Å²) in [7, 11) is 1.50. The van der Waals surface area contributed by atoms with Crippen LogP contribution in [0.15, 0.2) is 40.9 Å². The molecule has 0 amide bonds. The van der Waals surface area contributed by atoms with Crippen molar-refractivity contribution < 1.29 is 14.9 Å². The van der Waals surface area contributed by atoms with Crippen molar-refractivity contribution in [3.63, 3.8) is 0 Å². The van der Waals surface area contributed by atoms with E-state index in [0.29, 0.717) is 10.2 Å². The molecule has 0 aliphatic rings. The molecule has 0 spiro atoms. The van der Waals surface area contributed by atoms with Gasteiger partial charge in [-0.1, -0.05) is 12.1 Å². The van der Waals surface area contributed by atoms with Gasteiger partial charge in [0.25, 0.3) is 0 Å². The lowest BCUT2D eigenvalue weighted by molar-refractivity contribution is 0.372. The van der Waals surface area contributed by atoms with E-state index >= 15 is 0 Å². The molecule has 0 saturated carbocycles. The van der Waals surface area contributed by atoms with Crippen LogP contribution in [0.25, 0.3) is 11.1 Å². The number of phenols is 2. The summed E-state index contributed by atoms with van der Waals surface area (Å²) in [6, 6.07) is 10.4. The van der Waals surface area contributed by atoms with Gasteiger partial charge in [-0.2, -0.15) is 0 Å². The summed E-state index contributed by atoms with van der Waals surface area (Å²) >= 11 is 3.27. The van der Waals surface area contributed by atoms with Crippen LogP contribution in [0.2, 0.25) is 0 Å². The summed E-state index contributed by atoms with van der Waals surface area (Å²) in [4.78, 5) is 0. The first-order chi connectivity index (χ1) is 8.11.